The van der Waals surface area contributed by atoms with E-state index in [9.17, 15) is 4.79 Å². The van der Waals surface area contributed by atoms with E-state index in [2.05, 4.69) is 29.4 Å². The summed E-state index contributed by atoms with van der Waals surface area (Å²) in [5.41, 5.74) is 8.43. The largest absolute Gasteiger partial charge is 0.398 e. The summed E-state index contributed by atoms with van der Waals surface area (Å²) in [6.45, 7) is 10.00. The van der Waals surface area contributed by atoms with Gasteiger partial charge in [0.15, 0.2) is 0 Å². The predicted octanol–water partition coefficient (Wildman–Crippen LogP) is 1.84. The molecule has 1 aromatic rings. The molecule has 1 aliphatic rings. The van der Waals surface area contributed by atoms with Crippen LogP contribution in [0.2, 0.25) is 0 Å². The van der Waals surface area contributed by atoms with E-state index in [-0.39, 0.29) is 17.9 Å². The maximum atomic E-state index is 12.7. The molecule has 1 atom stereocenters. The molecule has 1 unspecified atom stereocenters. The van der Waals surface area contributed by atoms with Crippen LogP contribution in [0.5, 0.6) is 0 Å². The smallest absolute Gasteiger partial charge is 0.241 e. The third-order valence-corrected chi connectivity index (χ3v) is 4.21. The van der Waals surface area contributed by atoms with Gasteiger partial charge in [0.2, 0.25) is 5.91 Å². The van der Waals surface area contributed by atoms with Gasteiger partial charge in [-0.1, -0.05) is 19.9 Å². The van der Waals surface area contributed by atoms with Crippen molar-refractivity contribution in [3.8, 4) is 0 Å². The monoisotopic (exact) mass is 304 g/mol. The Morgan fingerprint density at radius 1 is 1.32 bits per heavy atom. The van der Waals surface area contributed by atoms with Crippen LogP contribution in [0, 0.1) is 12.8 Å². The van der Waals surface area contributed by atoms with Gasteiger partial charge < -0.3 is 16.4 Å². The first kappa shape index (κ1) is 16.8. The normalized spacial score (nSPS) is 18.0. The molecule has 0 bridgehead atoms. The van der Waals surface area contributed by atoms with Crippen LogP contribution in [0.25, 0.3) is 0 Å². The lowest BCUT2D eigenvalue weighted by Gasteiger charge is -2.32. The zero-order chi connectivity index (χ0) is 16.1. The minimum absolute atomic E-state index is 0.0557. The molecular formula is C17H28N4O. The fourth-order valence-corrected chi connectivity index (χ4v) is 2.97. The van der Waals surface area contributed by atoms with E-state index in [1.807, 2.05) is 25.1 Å². The molecule has 1 saturated heterocycles. The number of nitrogens with two attached hydrogens (primary N) is 1. The Kier molecular flexibility index (Phi) is 5.80. The molecule has 0 radical (unpaired) electrons. The van der Waals surface area contributed by atoms with Crippen molar-refractivity contribution in [2.75, 3.05) is 37.2 Å². The van der Waals surface area contributed by atoms with Gasteiger partial charge >= 0.3 is 0 Å². The molecule has 1 aliphatic heterocycles. The van der Waals surface area contributed by atoms with Crippen molar-refractivity contribution in [2.45, 2.75) is 33.2 Å². The van der Waals surface area contributed by atoms with Gasteiger partial charge in [-0.2, -0.15) is 0 Å². The highest BCUT2D eigenvalue weighted by atomic mass is 16.2. The topological polar surface area (TPSA) is 70.4 Å². The predicted molar refractivity (Wildman–Crippen MR) is 91.9 cm³/mol. The Balaban J connectivity index is 2.10. The van der Waals surface area contributed by atoms with Crippen LogP contribution in [0.1, 0.15) is 25.8 Å². The zero-order valence-electron chi connectivity index (χ0n) is 13.9. The summed E-state index contributed by atoms with van der Waals surface area (Å²) in [6, 6.07) is 5.56. The second-order valence-corrected chi connectivity index (χ2v) is 6.39. The molecule has 1 aromatic carbocycles. The summed E-state index contributed by atoms with van der Waals surface area (Å²) < 4.78 is 0. The van der Waals surface area contributed by atoms with Crippen LogP contribution in [0.15, 0.2) is 18.2 Å². The van der Waals surface area contributed by atoms with E-state index in [0.29, 0.717) is 5.69 Å². The van der Waals surface area contributed by atoms with Crippen LogP contribution in [0.3, 0.4) is 0 Å². The first-order valence-corrected chi connectivity index (χ1v) is 8.11. The molecule has 5 nitrogen and oxygen atoms in total. The number of benzene rings is 1. The van der Waals surface area contributed by atoms with E-state index < -0.39 is 0 Å². The van der Waals surface area contributed by atoms with Crippen molar-refractivity contribution in [1.29, 1.82) is 0 Å². The van der Waals surface area contributed by atoms with Gasteiger partial charge in [-0.25, -0.2) is 0 Å². The zero-order valence-corrected chi connectivity index (χ0v) is 13.9. The van der Waals surface area contributed by atoms with Crippen LogP contribution >= 0.6 is 0 Å². The van der Waals surface area contributed by atoms with Crippen molar-refractivity contribution in [1.82, 2.24) is 10.2 Å². The number of hydrogen-bond donors (Lipinski definition) is 3. The Labute approximate surface area is 133 Å². The minimum atomic E-state index is -0.109. The van der Waals surface area contributed by atoms with Gasteiger partial charge in [0.05, 0.1) is 6.04 Å². The number of carbonyl (C=O) groups is 1. The van der Waals surface area contributed by atoms with Crippen LogP contribution < -0.4 is 16.4 Å². The van der Waals surface area contributed by atoms with E-state index >= 15 is 0 Å². The number of rotatable bonds is 4. The van der Waals surface area contributed by atoms with Crippen LogP contribution in [-0.2, 0) is 4.79 Å². The summed E-state index contributed by atoms with van der Waals surface area (Å²) >= 11 is 0. The highest BCUT2D eigenvalue weighted by Gasteiger charge is 2.29. The minimum Gasteiger partial charge on any atom is -0.398 e. The third-order valence-electron chi connectivity index (χ3n) is 4.21. The molecule has 5 heteroatoms. The Bertz CT molecular complexity index is 507. The molecule has 22 heavy (non-hydrogen) atoms. The third kappa shape index (κ3) is 4.21. The fourth-order valence-electron chi connectivity index (χ4n) is 2.97. The number of amides is 1. The van der Waals surface area contributed by atoms with E-state index in [1.54, 1.807) is 0 Å². The molecule has 4 N–H and O–H groups in total. The van der Waals surface area contributed by atoms with Gasteiger partial charge in [-0.15, -0.1) is 0 Å². The molecule has 0 aromatic heterocycles. The van der Waals surface area contributed by atoms with Crippen molar-refractivity contribution < 1.29 is 4.79 Å². The average Bonchev–Trinajstić information content (AvgIpc) is 2.72. The standard InChI is InChI=1S/C17H28N4O/c1-12(2)16(21-9-4-7-19-8-10-21)17(22)20-14-6-5-13(3)15(18)11-14/h5-6,11-12,16,19H,4,7-10,18H2,1-3H3,(H,20,22). The van der Waals surface area contributed by atoms with Crippen LogP contribution in [-0.4, -0.2) is 43.0 Å². The van der Waals surface area contributed by atoms with E-state index in [4.69, 9.17) is 5.73 Å². The molecule has 2 rings (SSSR count). The summed E-state index contributed by atoms with van der Waals surface area (Å²) in [5, 5.41) is 6.41. The van der Waals surface area contributed by atoms with Gasteiger partial charge in [0.25, 0.3) is 0 Å². The number of carbonyl (C=O) groups excluding carboxylic acids is 1. The molecule has 1 heterocycles. The van der Waals surface area contributed by atoms with Gasteiger partial charge in [0.1, 0.15) is 0 Å². The Morgan fingerprint density at radius 2 is 2.09 bits per heavy atom. The lowest BCUT2D eigenvalue weighted by Crippen LogP contribution is -2.48. The maximum absolute atomic E-state index is 12.7. The average molecular weight is 304 g/mol. The number of anilines is 2. The fraction of sp³-hybridized carbons (Fsp3) is 0.588. The first-order chi connectivity index (χ1) is 10.5. The molecule has 122 valence electrons. The Morgan fingerprint density at radius 3 is 2.77 bits per heavy atom. The number of nitrogens with one attached hydrogen (secondary N) is 2. The van der Waals surface area contributed by atoms with Crippen LogP contribution in [0.4, 0.5) is 11.4 Å². The molecule has 0 aliphatic carbocycles. The Hall–Kier alpha value is -1.59. The number of hydrogen-bond acceptors (Lipinski definition) is 4. The quantitative estimate of drug-likeness (QED) is 0.742. The van der Waals surface area contributed by atoms with Gasteiger partial charge in [-0.3, -0.25) is 9.69 Å². The molecule has 1 fully saturated rings. The highest BCUT2D eigenvalue weighted by molar-refractivity contribution is 5.95. The van der Waals surface area contributed by atoms with Gasteiger partial charge in [-0.05, 0) is 43.5 Å². The molecular weight excluding hydrogens is 276 g/mol. The van der Waals surface area contributed by atoms with E-state index in [1.165, 1.54) is 0 Å². The lowest BCUT2D eigenvalue weighted by atomic mass is 10.0. The number of nitrogen functional groups attached to an aromatic ring is 1. The van der Waals surface area contributed by atoms with E-state index in [0.717, 1.165) is 43.9 Å². The molecule has 0 spiro atoms. The number of aryl methyl sites for hydroxylation is 1. The van der Waals surface area contributed by atoms with Gasteiger partial charge in [0, 0.05) is 31.0 Å². The number of nitrogens with zero attached hydrogens (tertiary/aromatic N) is 1. The maximum Gasteiger partial charge on any atom is 0.241 e. The highest BCUT2D eigenvalue weighted by Crippen LogP contribution is 2.19. The van der Waals surface area contributed by atoms with Crippen molar-refractivity contribution >= 4 is 17.3 Å². The molecule has 1 amide bonds. The first-order valence-electron chi connectivity index (χ1n) is 8.11. The summed E-state index contributed by atoms with van der Waals surface area (Å²) in [7, 11) is 0. The second kappa shape index (κ2) is 7.61. The summed E-state index contributed by atoms with van der Waals surface area (Å²) in [6.07, 6.45) is 1.08. The summed E-state index contributed by atoms with van der Waals surface area (Å²) in [5.74, 6) is 0.320. The molecule has 0 saturated carbocycles. The lowest BCUT2D eigenvalue weighted by molar-refractivity contribution is -0.122. The van der Waals surface area contributed by atoms with Crippen molar-refractivity contribution in [2.24, 2.45) is 5.92 Å². The van der Waals surface area contributed by atoms with Crippen molar-refractivity contribution in [3.05, 3.63) is 23.8 Å². The SMILES string of the molecule is Cc1ccc(NC(=O)C(C(C)C)N2CCCNCC2)cc1N. The van der Waals surface area contributed by atoms with Crippen molar-refractivity contribution in [3.63, 3.8) is 0 Å². The summed E-state index contributed by atoms with van der Waals surface area (Å²) in [4.78, 5) is 15.0. The second-order valence-electron chi connectivity index (χ2n) is 6.39.